The fourth-order valence-corrected chi connectivity index (χ4v) is 2.38. The summed E-state index contributed by atoms with van der Waals surface area (Å²) in [5, 5.41) is 3.23. The highest BCUT2D eigenvalue weighted by atomic mass is 15.1. The summed E-state index contributed by atoms with van der Waals surface area (Å²) in [7, 11) is 0. The Labute approximate surface area is 105 Å². The molecule has 1 aliphatic carbocycles. The number of guanidine groups is 1. The van der Waals surface area contributed by atoms with Gasteiger partial charge in [-0.1, -0.05) is 13.3 Å². The Morgan fingerprint density at radius 2 is 2.06 bits per heavy atom. The number of aliphatic imine (C=N–C) groups is 1. The van der Waals surface area contributed by atoms with Gasteiger partial charge in [0.1, 0.15) is 0 Å². The number of nitrogens with two attached hydrogens (primary N) is 1. The number of nitrogens with one attached hydrogen (secondary N) is 1. The molecule has 0 amide bonds. The highest BCUT2D eigenvalue weighted by Gasteiger charge is 2.21. The van der Waals surface area contributed by atoms with E-state index in [1.54, 1.807) is 0 Å². The van der Waals surface area contributed by atoms with Crippen LogP contribution in [0.2, 0.25) is 0 Å². The molecule has 17 heavy (non-hydrogen) atoms. The van der Waals surface area contributed by atoms with Gasteiger partial charge in [0.2, 0.25) is 0 Å². The lowest BCUT2D eigenvalue weighted by Gasteiger charge is -2.28. The van der Waals surface area contributed by atoms with Crippen LogP contribution in [0, 0.1) is 5.92 Å². The van der Waals surface area contributed by atoms with Crippen molar-refractivity contribution in [2.24, 2.45) is 16.6 Å². The summed E-state index contributed by atoms with van der Waals surface area (Å²) in [4.78, 5) is 6.99. The van der Waals surface area contributed by atoms with Crippen LogP contribution in [0.1, 0.15) is 39.0 Å². The second kappa shape index (κ2) is 6.24. The van der Waals surface area contributed by atoms with Gasteiger partial charge in [0.05, 0.1) is 0 Å². The average molecular weight is 238 g/mol. The Kier molecular flexibility index (Phi) is 4.66. The summed E-state index contributed by atoms with van der Waals surface area (Å²) in [6, 6.07) is 0.608. The van der Waals surface area contributed by atoms with Crippen LogP contribution in [0.15, 0.2) is 4.99 Å². The summed E-state index contributed by atoms with van der Waals surface area (Å²) >= 11 is 0. The van der Waals surface area contributed by atoms with Crippen LogP contribution in [0.5, 0.6) is 0 Å². The van der Waals surface area contributed by atoms with E-state index in [9.17, 15) is 0 Å². The molecule has 1 heterocycles. The number of piperidine rings is 1. The molecule has 3 N–H and O–H groups in total. The maximum atomic E-state index is 5.82. The number of hydrogen-bond donors (Lipinski definition) is 2. The quantitative estimate of drug-likeness (QED) is 0.558. The lowest BCUT2D eigenvalue weighted by atomic mass is 10.1. The zero-order valence-corrected chi connectivity index (χ0v) is 11.0. The smallest absolute Gasteiger partial charge is 0.188 e. The third kappa shape index (κ3) is 4.94. The van der Waals surface area contributed by atoms with Gasteiger partial charge in [-0.15, -0.1) is 0 Å². The van der Waals surface area contributed by atoms with Gasteiger partial charge in [-0.25, -0.2) is 0 Å². The number of rotatable bonds is 5. The van der Waals surface area contributed by atoms with Crippen LogP contribution in [-0.2, 0) is 0 Å². The Morgan fingerprint density at radius 3 is 2.71 bits per heavy atom. The van der Waals surface area contributed by atoms with Crippen molar-refractivity contribution in [2.75, 3.05) is 26.2 Å². The summed E-state index contributed by atoms with van der Waals surface area (Å²) in [5.74, 6) is 1.24. The molecular weight excluding hydrogens is 212 g/mol. The standard InChI is InChI=1S/C13H26N4/c1-11(10-17-7-3-2-4-8-17)9-15-13(14)16-12-5-6-12/h11-12H,2-10H2,1H3,(H3,14,15,16). The third-order valence-electron chi connectivity index (χ3n) is 3.52. The minimum Gasteiger partial charge on any atom is -0.370 e. The van der Waals surface area contributed by atoms with E-state index in [0.29, 0.717) is 17.9 Å². The molecule has 1 unspecified atom stereocenters. The van der Waals surface area contributed by atoms with Gasteiger partial charge in [-0.2, -0.15) is 0 Å². The molecule has 98 valence electrons. The average Bonchev–Trinajstić information content (AvgIpc) is 3.12. The van der Waals surface area contributed by atoms with Gasteiger partial charge in [-0.05, 0) is 44.7 Å². The molecule has 1 saturated heterocycles. The molecule has 2 fully saturated rings. The molecule has 1 aliphatic heterocycles. The topological polar surface area (TPSA) is 53.6 Å². The maximum absolute atomic E-state index is 5.82. The molecule has 2 rings (SSSR count). The van der Waals surface area contributed by atoms with Crippen LogP contribution in [-0.4, -0.2) is 43.1 Å². The van der Waals surface area contributed by atoms with Gasteiger partial charge >= 0.3 is 0 Å². The molecule has 0 aromatic heterocycles. The molecule has 4 heteroatoms. The molecular formula is C13H26N4. The normalized spacial score (nSPS) is 24.6. The van der Waals surface area contributed by atoms with Crippen molar-refractivity contribution in [1.82, 2.24) is 10.2 Å². The number of nitrogens with zero attached hydrogens (tertiary/aromatic N) is 2. The van der Waals surface area contributed by atoms with Crippen LogP contribution in [0.4, 0.5) is 0 Å². The Bertz CT molecular complexity index is 254. The SMILES string of the molecule is CC(CN=C(N)NC1CC1)CN1CCCCC1. The van der Waals surface area contributed by atoms with Crippen LogP contribution >= 0.6 is 0 Å². The van der Waals surface area contributed by atoms with Gasteiger partial charge in [0, 0.05) is 19.1 Å². The van der Waals surface area contributed by atoms with Crippen molar-refractivity contribution in [3.8, 4) is 0 Å². The van der Waals surface area contributed by atoms with E-state index in [2.05, 4.69) is 22.1 Å². The third-order valence-corrected chi connectivity index (χ3v) is 3.52. The number of likely N-dealkylation sites (tertiary alicyclic amines) is 1. The zero-order chi connectivity index (χ0) is 12.1. The molecule has 1 atom stereocenters. The summed E-state index contributed by atoms with van der Waals surface area (Å²) < 4.78 is 0. The van der Waals surface area contributed by atoms with Crippen molar-refractivity contribution < 1.29 is 0 Å². The largest absolute Gasteiger partial charge is 0.370 e. The highest BCUT2D eigenvalue weighted by Crippen LogP contribution is 2.18. The highest BCUT2D eigenvalue weighted by molar-refractivity contribution is 5.78. The van der Waals surface area contributed by atoms with E-state index in [-0.39, 0.29) is 0 Å². The monoisotopic (exact) mass is 238 g/mol. The molecule has 0 aromatic carbocycles. The first-order valence-corrected chi connectivity index (χ1v) is 7.03. The lowest BCUT2D eigenvalue weighted by Crippen LogP contribution is -2.36. The fraction of sp³-hybridized carbons (Fsp3) is 0.923. The van der Waals surface area contributed by atoms with Gasteiger partial charge in [0.25, 0.3) is 0 Å². The first-order valence-electron chi connectivity index (χ1n) is 7.03. The molecule has 0 aromatic rings. The molecule has 0 spiro atoms. The predicted molar refractivity (Wildman–Crippen MR) is 72.1 cm³/mol. The van der Waals surface area contributed by atoms with Crippen molar-refractivity contribution in [1.29, 1.82) is 0 Å². The van der Waals surface area contributed by atoms with Crippen LogP contribution in [0.25, 0.3) is 0 Å². The van der Waals surface area contributed by atoms with E-state index < -0.39 is 0 Å². The Balaban J connectivity index is 1.63. The van der Waals surface area contributed by atoms with Gasteiger partial charge < -0.3 is 16.0 Å². The van der Waals surface area contributed by atoms with Crippen LogP contribution in [0.3, 0.4) is 0 Å². The van der Waals surface area contributed by atoms with Gasteiger partial charge in [-0.3, -0.25) is 4.99 Å². The molecule has 0 radical (unpaired) electrons. The maximum Gasteiger partial charge on any atom is 0.188 e. The molecule has 2 aliphatic rings. The number of hydrogen-bond acceptors (Lipinski definition) is 2. The van der Waals surface area contributed by atoms with E-state index >= 15 is 0 Å². The second-order valence-electron chi connectivity index (χ2n) is 5.61. The molecule has 4 nitrogen and oxygen atoms in total. The summed E-state index contributed by atoms with van der Waals surface area (Å²) in [6.07, 6.45) is 6.63. The predicted octanol–water partition coefficient (Wildman–Crippen LogP) is 1.18. The minimum atomic E-state index is 0.604. The summed E-state index contributed by atoms with van der Waals surface area (Å²) in [5.41, 5.74) is 5.82. The summed E-state index contributed by atoms with van der Waals surface area (Å²) in [6.45, 7) is 6.82. The van der Waals surface area contributed by atoms with E-state index in [4.69, 9.17) is 5.73 Å². The van der Waals surface area contributed by atoms with E-state index in [1.807, 2.05) is 0 Å². The second-order valence-corrected chi connectivity index (χ2v) is 5.61. The van der Waals surface area contributed by atoms with E-state index in [1.165, 1.54) is 51.7 Å². The first kappa shape index (κ1) is 12.7. The minimum absolute atomic E-state index is 0.604. The Hall–Kier alpha value is -0.770. The first-order chi connectivity index (χ1) is 8.24. The Morgan fingerprint density at radius 1 is 1.35 bits per heavy atom. The van der Waals surface area contributed by atoms with Crippen molar-refractivity contribution in [3.63, 3.8) is 0 Å². The lowest BCUT2D eigenvalue weighted by molar-refractivity contribution is 0.203. The molecule has 1 saturated carbocycles. The van der Waals surface area contributed by atoms with Crippen molar-refractivity contribution >= 4 is 5.96 Å². The zero-order valence-electron chi connectivity index (χ0n) is 11.0. The van der Waals surface area contributed by atoms with Gasteiger partial charge in [0.15, 0.2) is 5.96 Å². The fourth-order valence-electron chi connectivity index (χ4n) is 2.38. The van der Waals surface area contributed by atoms with Crippen molar-refractivity contribution in [3.05, 3.63) is 0 Å². The van der Waals surface area contributed by atoms with Crippen LogP contribution < -0.4 is 11.1 Å². The van der Waals surface area contributed by atoms with Crippen molar-refractivity contribution in [2.45, 2.75) is 45.1 Å². The van der Waals surface area contributed by atoms with E-state index in [0.717, 1.165) is 6.54 Å². The molecule has 0 bridgehead atoms.